The van der Waals surface area contributed by atoms with E-state index in [4.69, 9.17) is 0 Å². The van der Waals surface area contributed by atoms with Crippen molar-refractivity contribution in [2.24, 2.45) is 0 Å². The van der Waals surface area contributed by atoms with Gasteiger partial charge in [0.2, 0.25) is 0 Å². The maximum absolute atomic E-state index is 2.47. The summed E-state index contributed by atoms with van der Waals surface area (Å²) in [5.41, 5.74) is 15.2. The molecule has 0 amide bonds. The third kappa shape index (κ3) is 8.51. The van der Waals surface area contributed by atoms with Gasteiger partial charge < -0.3 is 9.80 Å². The van der Waals surface area contributed by atoms with E-state index in [0.29, 0.717) is 0 Å². The summed E-state index contributed by atoms with van der Waals surface area (Å²) in [6.45, 7) is 18.5. The van der Waals surface area contributed by atoms with Gasteiger partial charge in [0.25, 0.3) is 0 Å². The van der Waals surface area contributed by atoms with Crippen LogP contribution in [-0.2, 0) is 6.42 Å². The predicted molar refractivity (Wildman–Crippen MR) is 189 cm³/mol. The monoisotopic (exact) mass is 570 g/mol. The van der Waals surface area contributed by atoms with Crippen molar-refractivity contribution in [3.63, 3.8) is 0 Å². The molecule has 0 saturated heterocycles. The van der Waals surface area contributed by atoms with Crippen LogP contribution in [0.15, 0.2) is 114 Å². The molecule has 0 aromatic heterocycles. The molecule has 224 valence electrons. The molecule has 0 aliphatic heterocycles. The highest BCUT2D eigenvalue weighted by atomic mass is 15.2. The van der Waals surface area contributed by atoms with Gasteiger partial charge in [-0.1, -0.05) is 78.9 Å². The van der Waals surface area contributed by atoms with Gasteiger partial charge >= 0.3 is 0 Å². The Morgan fingerprint density at radius 3 is 1.84 bits per heavy atom. The smallest absolute Gasteiger partial charge is 0.0464 e. The van der Waals surface area contributed by atoms with E-state index in [1.54, 1.807) is 0 Å². The molecule has 2 heteroatoms. The van der Waals surface area contributed by atoms with Gasteiger partial charge in [0, 0.05) is 35.0 Å². The van der Waals surface area contributed by atoms with E-state index in [1.165, 1.54) is 86.7 Å². The lowest BCUT2D eigenvalue weighted by atomic mass is 10.0. The largest absolute Gasteiger partial charge is 0.337 e. The third-order valence-corrected chi connectivity index (χ3v) is 8.10. The first-order valence-corrected chi connectivity index (χ1v) is 15.9. The Morgan fingerprint density at radius 1 is 0.628 bits per heavy atom. The highest BCUT2D eigenvalue weighted by molar-refractivity contribution is 5.72. The first-order valence-electron chi connectivity index (χ1n) is 15.9. The average molecular weight is 571 g/mol. The van der Waals surface area contributed by atoms with E-state index in [2.05, 4.69) is 162 Å². The van der Waals surface area contributed by atoms with Crippen molar-refractivity contribution in [1.82, 2.24) is 0 Å². The number of anilines is 4. The van der Waals surface area contributed by atoms with Crippen molar-refractivity contribution in [1.29, 1.82) is 0 Å². The van der Waals surface area contributed by atoms with E-state index in [-0.39, 0.29) is 0 Å². The second-order valence-corrected chi connectivity index (χ2v) is 12.4. The zero-order chi connectivity index (χ0) is 30.9. The van der Waals surface area contributed by atoms with Crippen LogP contribution in [0, 0.1) is 27.7 Å². The predicted octanol–water partition coefficient (Wildman–Crippen LogP) is 11.9. The van der Waals surface area contributed by atoms with Crippen molar-refractivity contribution in [2.75, 3.05) is 16.3 Å². The first-order chi connectivity index (χ1) is 20.7. The number of rotatable bonds is 12. The number of hydrogen-bond donors (Lipinski definition) is 0. The summed E-state index contributed by atoms with van der Waals surface area (Å²) in [5, 5.41) is 0. The van der Waals surface area contributed by atoms with Crippen molar-refractivity contribution in [2.45, 2.75) is 81.1 Å². The second kappa shape index (κ2) is 14.9. The molecule has 4 aromatic carbocycles. The highest BCUT2D eigenvalue weighted by Crippen LogP contribution is 2.34. The van der Waals surface area contributed by atoms with Gasteiger partial charge in [0.15, 0.2) is 0 Å². The fourth-order valence-electron chi connectivity index (χ4n) is 5.67. The van der Waals surface area contributed by atoms with E-state index in [9.17, 15) is 0 Å². The van der Waals surface area contributed by atoms with Crippen molar-refractivity contribution in [3.8, 4) is 0 Å². The standard InChI is InChI=1S/C41H50N2/c1-9-10-11-16-36-21-24-39(28-35(36)8)42(38-17-12-14-32(5)25-38)29-34(7)27-41(30(2)3)43(37-22-19-31(4)20-23-37)40-18-13-15-33(6)26-40/h12-15,17-28H,9-11,16,29H2,1-8H3/b34-27-. The molecule has 0 spiro atoms. The molecule has 0 aliphatic rings. The molecule has 0 heterocycles. The molecule has 0 aliphatic carbocycles. The van der Waals surface area contributed by atoms with Crippen molar-refractivity contribution < 1.29 is 0 Å². The summed E-state index contributed by atoms with van der Waals surface area (Å²) >= 11 is 0. The molecule has 2 nitrogen and oxygen atoms in total. The number of aryl methyl sites for hydroxylation is 5. The Kier molecular flexibility index (Phi) is 11.1. The molecule has 0 bridgehead atoms. The highest BCUT2D eigenvalue weighted by Gasteiger charge is 2.17. The van der Waals surface area contributed by atoms with Gasteiger partial charge in [-0.2, -0.15) is 0 Å². The van der Waals surface area contributed by atoms with Crippen LogP contribution in [-0.4, -0.2) is 6.54 Å². The van der Waals surface area contributed by atoms with Gasteiger partial charge in [-0.05, 0) is 138 Å². The lowest BCUT2D eigenvalue weighted by Gasteiger charge is -2.30. The Balaban J connectivity index is 1.75. The normalized spacial score (nSPS) is 11.4. The van der Waals surface area contributed by atoms with Crippen LogP contribution >= 0.6 is 0 Å². The summed E-state index contributed by atoms with van der Waals surface area (Å²) in [5.74, 6) is 0. The Morgan fingerprint density at radius 2 is 1.23 bits per heavy atom. The van der Waals surface area contributed by atoms with Crippen molar-refractivity contribution in [3.05, 3.63) is 142 Å². The summed E-state index contributed by atoms with van der Waals surface area (Å²) in [4.78, 5) is 4.87. The molecule has 4 rings (SSSR count). The minimum atomic E-state index is 0.796. The summed E-state index contributed by atoms with van der Waals surface area (Å²) in [7, 11) is 0. The molecule has 0 unspecified atom stereocenters. The maximum atomic E-state index is 2.47. The first kappa shape index (κ1) is 31.9. The Labute approximate surface area is 261 Å². The maximum Gasteiger partial charge on any atom is 0.0464 e. The Hall–Kier alpha value is -4.04. The zero-order valence-corrected chi connectivity index (χ0v) is 27.7. The zero-order valence-electron chi connectivity index (χ0n) is 27.7. The minimum Gasteiger partial charge on any atom is -0.337 e. The molecule has 0 atom stereocenters. The Bertz CT molecular complexity index is 1570. The topological polar surface area (TPSA) is 6.48 Å². The van der Waals surface area contributed by atoms with Gasteiger partial charge in [-0.15, -0.1) is 0 Å². The van der Waals surface area contributed by atoms with E-state index >= 15 is 0 Å². The number of benzene rings is 4. The van der Waals surface area contributed by atoms with Gasteiger partial charge in [-0.3, -0.25) is 0 Å². The summed E-state index contributed by atoms with van der Waals surface area (Å²) < 4.78 is 0. The van der Waals surface area contributed by atoms with Gasteiger partial charge in [0.1, 0.15) is 0 Å². The lowest BCUT2D eigenvalue weighted by Crippen LogP contribution is -2.21. The van der Waals surface area contributed by atoms with Crippen LogP contribution in [0.25, 0.3) is 0 Å². The van der Waals surface area contributed by atoms with E-state index in [0.717, 1.165) is 13.0 Å². The third-order valence-electron chi connectivity index (χ3n) is 8.10. The molecule has 0 N–H and O–H groups in total. The summed E-state index contributed by atoms with van der Waals surface area (Å²) in [6, 6.07) is 33.6. The number of nitrogens with zero attached hydrogens (tertiary/aromatic N) is 2. The number of unbranched alkanes of at least 4 members (excludes halogenated alkanes) is 2. The fourth-order valence-corrected chi connectivity index (χ4v) is 5.67. The molecule has 0 radical (unpaired) electrons. The van der Waals surface area contributed by atoms with Crippen LogP contribution < -0.4 is 9.80 Å². The van der Waals surface area contributed by atoms with Crippen LogP contribution in [0.2, 0.25) is 0 Å². The second-order valence-electron chi connectivity index (χ2n) is 12.4. The summed E-state index contributed by atoms with van der Waals surface area (Å²) in [6.07, 6.45) is 7.33. The minimum absolute atomic E-state index is 0.796. The van der Waals surface area contributed by atoms with Crippen LogP contribution in [0.4, 0.5) is 22.7 Å². The molecule has 4 aromatic rings. The lowest BCUT2D eigenvalue weighted by molar-refractivity contribution is 0.715. The molecule has 0 fully saturated rings. The molecule has 43 heavy (non-hydrogen) atoms. The number of hydrogen-bond acceptors (Lipinski definition) is 2. The van der Waals surface area contributed by atoms with E-state index < -0.39 is 0 Å². The van der Waals surface area contributed by atoms with Crippen LogP contribution in [0.3, 0.4) is 0 Å². The molecular formula is C41H50N2. The van der Waals surface area contributed by atoms with Crippen LogP contribution in [0.1, 0.15) is 74.8 Å². The molecular weight excluding hydrogens is 520 g/mol. The fraction of sp³-hybridized carbons (Fsp3) is 0.317. The average Bonchev–Trinajstić information content (AvgIpc) is 2.97. The van der Waals surface area contributed by atoms with Gasteiger partial charge in [-0.25, -0.2) is 0 Å². The van der Waals surface area contributed by atoms with Crippen molar-refractivity contribution >= 4 is 22.7 Å². The quantitative estimate of drug-likeness (QED) is 0.123. The van der Waals surface area contributed by atoms with Crippen LogP contribution in [0.5, 0.6) is 0 Å². The number of allylic oxidation sites excluding steroid dienone is 2. The molecule has 0 saturated carbocycles. The van der Waals surface area contributed by atoms with E-state index in [1.807, 2.05) is 0 Å². The van der Waals surface area contributed by atoms with Gasteiger partial charge in [0.05, 0.1) is 0 Å². The SMILES string of the molecule is CCCCCc1ccc(N(C/C(C)=C\C(=C(C)C)N(c2ccc(C)cc2)c2cccc(C)c2)c2cccc(C)c2)cc1C.